The topological polar surface area (TPSA) is 0 Å². The third-order valence-electron chi connectivity index (χ3n) is 2.90. The number of benzene rings is 1. The van der Waals surface area contributed by atoms with Gasteiger partial charge in [-0.25, -0.2) is 0 Å². The molecule has 14 heavy (non-hydrogen) atoms. The zero-order valence-corrected chi connectivity index (χ0v) is 11.2. The van der Waals surface area contributed by atoms with Crippen molar-refractivity contribution in [1.82, 2.24) is 0 Å². The van der Waals surface area contributed by atoms with Gasteiger partial charge in [-0.05, 0) is 48.8 Å². The molecule has 1 fully saturated rings. The van der Waals surface area contributed by atoms with E-state index < -0.39 is 0 Å². The molecule has 0 spiro atoms. The highest BCUT2D eigenvalue weighted by Gasteiger charge is 2.30. The van der Waals surface area contributed by atoms with Crippen molar-refractivity contribution in [3.63, 3.8) is 0 Å². The predicted octanol–water partition coefficient (Wildman–Crippen LogP) is 4.41. The van der Waals surface area contributed by atoms with Gasteiger partial charge < -0.3 is 0 Å². The van der Waals surface area contributed by atoms with Crippen LogP contribution in [0, 0.1) is 11.8 Å². The van der Waals surface area contributed by atoms with Crippen LogP contribution in [0.15, 0.2) is 28.7 Å². The minimum absolute atomic E-state index is 0.844. The van der Waals surface area contributed by atoms with E-state index in [1.165, 1.54) is 29.3 Å². The van der Waals surface area contributed by atoms with Gasteiger partial charge in [0.1, 0.15) is 0 Å². The summed E-state index contributed by atoms with van der Waals surface area (Å²) in [7, 11) is 0. The van der Waals surface area contributed by atoms with E-state index in [0.717, 1.165) is 17.2 Å². The highest BCUT2D eigenvalue weighted by molar-refractivity contribution is 9.10. The SMILES string of the molecule is BrCC(Cc1ccc(Br)cc1)C1CC1. The molecule has 0 radical (unpaired) electrons. The monoisotopic (exact) mass is 316 g/mol. The smallest absolute Gasteiger partial charge is 0.0175 e. The minimum Gasteiger partial charge on any atom is -0.0925 e. The van der Waals surface area contributed by atoms with Crippen molar-refractivity contribution in [3.05, 3.63) is 34.3 Å². The number of alkyl halides is 1. The zero-order chi connectivity index (χ0) is 9.97. The van der Waals surface area contributed by atoms with Crippen LogP contribution < -0.4 is 0 Å². The van der Waals surface area contributed by atoms with E-state index in [1.807, 2.05) is 0 Å². The third kappa shape index (κ3) is 2.83. The van der Waals surface area contributed by atoms with Crippen LogP contribution in [-0.2, 0) is 6.42 Å². The summed E-state index contributed by atoms with van der Waals surface area (Å²) in [6, 6.07) is 8.71. The van der Waals surface area contributed by atoms with Gasteiger partial charge in [0.2, 0.25) is 0 Å². The molecule has 0 saturated heterocycles. The molecule has 1 aliphatic rings. The average Bonchev–Trinajstić information content (AvgIpc) is 3.01. The zero-order valence-electron chi connectivity index (χ0n) is 8.05. The lowest BCUT2D eigenvalue weighted by Crippen LogP contribution is -2.08. The molecule has 2 heteroatoms. The van der Waals surface area contributed by atoms with Gasteiger partial charge in [-0.1, -0.05) is 44.0 Å². The summed E-state index contributed by atoms with van der Waals surface area (Å²) in [5.41, 5.74) is 1.46. The van der Waals surface area contributed by atoms with E-state index in [0.29, 0.717) is 0 Å². The summed E-state index contributed by atoms with van der Waals surface area (Å²) in [5.74, 6) is 1.83. The van der Waals surface area contributed by atoms with Gasteiger partial charge in [0, 0.05) is 9.80 Å². The molecule has 76 valence electrons. The lowest BCUT2D eigenvalue weighted by atomic mass is 9.97. The second-order valence-corrected chi connectivity index (χ2v) is 5.65. The molecule has 0 aliphatic heterocycles. The van der Waals surface area contributed by atoms with Crippen LogP contribution >= 0.6 is 31.9 Å². The molecule has 0 bridgehead atoms. The summed E-state index contributed by atoms with van der Waals surface area (Å²) >= 11 is 7.08. The number of hydrogen-bond acceptors (Lipinski definition) is 0. The maximum atomic E-state index is 3.62. The maximum Gasteiger partial charge on any atom is 0.0175 e. The lowest BCUT2D eigenvalue weighted by molar-refractivity contribution is 0.519. The number of rotatable bonds is 4. The molecule has 1 aromatic carbocycles. The molecule has 1 unspecified atom stereocenters. The van der Waals surface area contributed by atoms with Gasteiger partial charge in [0.15, 0.2) is 0 Å². The van der Waals surface area contributed by atoms with Crippen LogP contribution in [0.4, 0.5) is 0 Å². The quantitative estimate of drug-likeness (QED) is 0.721. The summed E-state index contributed by atoms with van der Waals surface area (Å²) in [5, 5.41) is 1.15. The van der Waals surface area contributed by atoms with E-state index in [1.54, 1.807) is 0 Å². The fraction of sp³-hybridized carbons (Fsp3) is 0.500. The Kier molecular flexibility index (Phi) is 3.67. The van der Waals surface area contributed by atoms with Crippen molar-refractivity contribution in [2.24, 2.45) is 11.8 Å². The molecule has 1 saturated carbocycles. The Morgan fingerprint density at radius 1 is 1.21 bits per heavy atom. The standard InChI is InChI=1S/C12H14Br2/c13-8-11(10-3-4-10)7-9-1-5-12(14)6-2-9/h1-2,5-6,10-11H,3-4,7-8H2. The normalized spacial score (nSPS) is 18.1. The van der Waals surface area contributed by atoms with Crippen LogP contribution in [0.1, 0.15) is 18.4 Å². The number of hydrogen-bond donors (Lipinski definition) is 0. The van der Waals surface area contributed by atoms with E-state index in [9.17, 15) is 0 Å². The highest BCUT2D eigenvalue weighted by atomic mass is 79.9. The number of halogens is 2. The third-order valence-corrected chi connectivity index (χ3v) is 4.26. The van der Waals surface area contributed by atoms with Gasteiger partial charge in [0.25, 0.3) is 0 Å². The van der Waals surface area contributed by atoms with E-state index >= 15 is 0 Å². The first-order chi connectivity index (χ1) is 6.79. The van der Waals surface area contributed by atoms with Crippen LogP contribution in [0.2, 0.25) is 0 Å². The lowest BCUT2D eigenvalue weighted by Gasteiger charge is -2.12. The van der Waals surface area contributed by atoms with E-state index in [4.69, 9.17) is 0 Å². The Labute approximate surface area is 102 Å². The van der Waals surface area contributed by atoms with Crippen molar-refractivity contribution in [3.8, 4) is 0 Å². The van der Waals surface area contributed by atoms with Gasteiger partial charge in [-0.15, -0.1) is 0 Å². The predicted molar refractivity (Wildman–Crippen MR) is 67.9 cm³/mol. The van der Waals surface area contributed by atoms with Gasteiger partial charge >= 0.3 is 0 Å². The molecule has 1 atom stereocenters. The molecule has 0 aromatic heterocycles. The molecule has 2 rings (SSSR count). The van der Waals surface area contributed by atoms with Crippen LogP contribution in [-0.4, -0.2) is 5.33 Å². The molecular formula is C12H14Br2. The fourth-order valence-electron chi connectivity index (χ4n) is 1.84. The highest BCUT2D eigenvalue weighted by Crippen LogP contribution is 2.39. The second-order valence-electron chi connectivity index (χ2n) is 4.08. The maximum absolute atomic E-state index is 3.62. The Hall–Kier alpha value is 0.180. The molecule has 0 N–H and O–H groups in total. The largest absolute Gasteiger partial charge is 0.0925 e. The Morgan fingerprint density at radius 3 is 2.36 bits per heavy atom. The Balaban J connectivity index is 1.98. The van der Waals surface area contributed by atoms with Crippen LogP contribution in [0.3, 0.4) is 0 Å². The van der Waals surface area contributed by atoms with Crippen molar-refractivity contribution >= 4 is 31.9 Å². The van der Waals surface area contributed by atoms with Gasteiger partial charge in [-0.3, -0.25) is 0 Å². The summed E-state index contributed by atoms with van der Waals surface area (Å²) < 4.78 is 1.17. The first kappa shape index (κ1) is 10.7. The van der Waals surface area contributed by atoms with Crippen molar-refractivity contribution in [2.75, 3.05) is 5.33 Å². The minimum atomic E-state index is 0.844. The van der Waals surface area contributed by atoms with Crippen molar-refractivity contribution in [1.29, 1.82) is 0 Å². The average molecular weight is 318 g/mol. The molecule has 0 heterocycles. The van der Waals surface area contributed by atoms with Crippen LogP contribution in [0.5, 0.6) is 0 Å². The van der Waals surface area contributed by atoms with E-state index in [-0.39, 0.29) is 0 Å². The molecule has 0 nitrogen and oxygen atoms in total. The van der Waals surface area contributed by atoms with Crippen molar-refractivity contribution in [2.45, 2.75) is 19.3 Å². The van der Waals surface area contributed by atoms with Crippen molar-refractivity contribution < 1.29 is 0 Å². The summed E-state index contributed by atoms with van der Waals surface area (Å²) in [6.07, 6.45) is 4.10. The summed E-state index contributed by atoms with van der Waals surface area (Å²) in [6.45, 7) is 0. The Bertz CT molecular complexity index is 288. The Morgan fingerprint density at radius 2 is 1.86 bits per heavy atom. The van der Waals surface area contributed by atoms with Crippen LogP contribution in [0.25, 0.3) is 0 Å². The molecule has 0 amide bonds. The van der Waals surface area contributed by atoms with Gasteiger partial charge in [-0.2, -0.15) is 0 Å². The molecular weight excluding hydrogens is 304 g/mol. The molecule has 1 aromatic rings. The summed E-state index contributed by atoms with van der Waals surface area (Å²) in [4.78, 5) is 0. The second kappa shape index (κ2) is 4.80. The molecule has 1 aliphatic carbocycles. The van der Waals surface area contributed by atoms with E-state index in [2.05, 4.69) is 56.1 Å². The first-order valence-corrected chi connectivity index (χ1v) is 7.01. The van der Waals surface area contributed by atoms with Gasteiger partial charge in [0.05, 0.1) is 0 Å². The first-order valence-electron chi connectivity index (χ1n) is 5.10. The fourth-order valence-corrected chi connectivity index (χ4v) is 2.86.